The molecule has 1 fully saturated rings. The summed E-state index contributed by atoms with van der Waals surface area (Å²) in [6.07, 6.45) is -2.24. The maximum atomic E-state index is 13.2. The lowest BCUT2D eigenvalue weighted by Crippen LogP contribution is -2.53. The summed E-state index contributed by atoms with van der Waals surface area (Å²) >= 11 is 0. The summed E-state index contributed by atoms with van der Waals surface area (Å²) in [6, 6.07) is 5.05. The van der Waals surface area contributed by atoms with Crippen LogP contribution in [0, 0.1) is 0 Å². The van der Waals surface area contributed by atoms with E-state index in [2.05, 4.69) is 10.3 Å². The van der Waals surface area contributed by atoms with Crippen molar-refractivity contribution in [2.75, 3.05) is 13.1 Å². The van der Waals surface area contributed by atoms with Gasteiger partial charge in [-0.15, -0.1) is 0 Å². The van der Waals surface area contributed by atoms with Gasteiger partial charge in [-0.3, -0.25) is 16.2 Å². The topological polar surface area (TPSA) is 41.3 Å². The van der Waals surface area contributed by atoms with Gasteiger partial charge in [0.2, 0.25) is 0 Å². The number of benzene rings is 1. The van der Waals surface area contributed by atoms with E-state index in [0.29, 0.717) is 0 Å². The molecule has 1 heterocycles. The smallest absolute Gasteiger partial charge is 0.296 e. The van der Waals surface area contributed by atoms with Gasteiger partial charge in [0.05, 0.1) is 11.6 Å². The quantitative estimate of drug-likeness (QED) is 0.663. The summed E-state index contributed by atoms with van der Waals surface area (Å²) < 4.78 is 39.7. The second kappa shape index (κ2) is 5.94. The van der Waals surface area contributed by atoms with Gasteiger partial charge in [-0.25, -0.2) is 0 Å². The molecule has 1 aliphatic rings. The molecule has 1 atom stereocenters. The van der Waals surface area contributed by atoms with Crippen LogP contribution in [-0.2, 0) is 6.18 Å². The number of alkyl halides is 3. The Bertz CT molecular complexity index is 479. The van der Waals surface area contributed by atoms with E-state index in [4.69, 9.17) is 5.84 Å². The summed E-state index contributed by atoms with van der Waals surface area (Å²) in [5.74, 6) is 5.63. The highest BCUT2D eigenvalue weighted by atomic mass is 19.4. The van der Waals surface area contributed by atoms with Gasteiger partial charge in [0.15, 0.2) is 0 Å². The van der Waals surface area contributed by atoms with Crippen LogP contribution in [0.4, 0.5) is 13.2 Å². The highest BCUT2D eigenvalue weighted by Crippen LogP contribution is 2.39. The van der Waals surface area contributed by atoms with Gasteiger partial charge in [0.25, 0.3) is 0 Å². The van der Waals surface area contributed by atoms with Crippen molar-refractivity contribution in [3.63, 3.8) is 0 Å². The fourth-order valence-corrected chi connectivity index (χ4v) is 3.16. The van der Waals surface area contributed by atoms with Crippen LogP contribution in [0.5, 0.6) is 0 Å². The van der Waals surface area contributed by atoms with Crippen molar-refractivity contribution in [1.82, 2.24) is 10.3 Å². The van der Waals surface area contributed by atoms with Gasteiger partial charge in [-0.1, -0.05) is 18.2 Å². The molecular formula is C15H22F3N3. The molecule has 118 valence electrons. The van der Waals surface area contributed by atoms with Crippen LogP contribution in [0.1, 0.15) is 43.9 Å². The van der Waals surface area contributed by atoms with Gasteiger partial charge in [-0.05, 0) is 51.4 Å². The third-order valence-corrected chi connectivity index (χ3v) is 4.37. The first-order valence-electron chi connectivity index (χ1n) is 7.16. The molecule has 1 aliphatic heterocycles. The van der Waals surface area contributed by atoms with Crippen molar-refractivity contribution < 1.29 is 13.2 Å². The minimum atomic E-state index is -4.38. The lowest BCUT2D eigenvalue weighted by Gasteiger charge is -2.42. The van der Waals surface area contributed by atoms with E-state index in [1.807, 2.05) is 13.8 Å². The first-order valence-corrected chi connectivity index (χ1v) is 7.16. The molecule has 0 spiro atoms. The fraction of sp³-hybridized carbons (Fsp3) is 0.600. The van der Waals surface area contributed by atoms with Gasteiger partial charge < -0.3 is 0 Å². The van der Waals surface area contributed by atoms with E-state index >= 15 is 0 Å². The summed E-state index contributed by atoms with van der Waals surface area (Å²) in [4.78, 5) is 2.20. The molecule has 2 rings (SSSR count). The Morgan fingerprint density at radius 2 is 1.71 bits per heavy atom. The van der Waals surface area contributed by atoms with E-state index < -0.39 is 23.3 Å². The lowest BCUT2D eigenvalue weighted by molar-refractivity contribution is -0.138. The molecule has 1 aromatic carbocycles. The first-order chi connectivity index (χ1) is 9.78. The number of nitrogens with two attached hydrogens (primary N) is 1. The Balaban J connectivity index is 2.42. The third kappa shape index (κ3) is 3.22. The van der Waals surface area contributed by atoms with Crippen LogP contribution in [0.2, 0.25) is 0 Å². The summed E-state index contributed by atoms with van der Waals surface area (Å²) in [5, 5.41) is 0. The Kier molecular flexibility index (Phi) is 4.60. The van der Waals surface area contributed by atoms with Crippen LogP contribution in [0.25, 0.3) is 0 Å². The molecule has 1 unspecified atom stereocenters. The van der Waals surface area contributed by atoms with Crippen LogP contribution < -0.4 is 11.3 Å². The molecule has 0 aliphatic carbocycles. The number of hydrogen-bond acceptors (Lipinski definition) is 3. The van der Waals surface area contributed by atoms with E-state index in [0.717, 1.165) is 32.0 Å². The second-order valence-corrected chi connectivity index (χ2v) is 6.03. The average Bonchev–Trinajstić information content (AvgIpc) is 2.93. The summed E-state index contributed by atoms with van der Waals surface area (Å²) in [7, 11) is 0. The van der Waals surface area contributed by atoms with Crippen molar-refractivity contribution in [2.24, 2.45) is 5.84 Å². The van der Waals surface area contributed by atoms with Crippen LogP contribution in [0.15, 0.2) is 24.3 Å². The Labute approximate surface area is 123 Å². The molecule has 0 aromatic heterocycles. The van der Waals surface area contributed by atoms with Crippen LogP contribution in [0.3, 0.4) is 0 Å². The zero-order chi connectivity index (χ0) is 15.7. The molecular weight excluding hydrogens is 279 g/mol. The number of hydrogen-bond donors (Lipinski definition) is 2. The average molecular weight is 301 g/mol. The predicted octanol–water partition coefficient (Wildman–Crippen LogP) is 3.08. The maximum Gasteiger partial charge on any atom is 0.416 e. The zero-order valence-electron chi connectivity index (χ0n) is 12.4. The Hall–Kier alpha value is -1.11. The van der Waals surface area contributed by atoms with Gasteiger partial charge in [0, 0.05) is 5.54 Å². The Morgan fingerprint density at radius 3 is 2.24 bits per heavy atom. The van der Waals surface area contributed by atoms with Crippen molar-refractivity contribution in [3.8, 4) is 0 Å². The van der Waals surface area contributed by atoms with Crippen molar-refractivity contribution in [1.29, 1.82) is 0 Å². The van der Waals surface area contributed by atoms with Gasteiger partial charge >= 0.3 is 6.18 Å². The second-order valence-electron chi connectivity index (χ2n) is 6.03. The minimum Gasteiger partial charge on any atom is -0.296 e. The summed E-state index contributed by atoms with van der Waals surface area (Å²) in [6.45, 7) is 5.66. The molecule has 1 aromatic rings. The molecule has 3 nitrogen and oxygen atoms in total. The minimum absolute atomic E-state index is 0.199. The van der Waals surface area contributed by atoms with E-state index in [1.165, 1.54) is 12.1 Å². The van der Waals surface area contributed by atoms with Gasteiger partial charge in [0.1, 0.15) is 0 Å². The molecule has 0 radical (unpaired) electrons. The SMILES string of the molecule is CC(C)(C(NN)c1ccccc1C(F)(F)F)N1CCCC1. The number of hydrazine groups is 1. The largest absolute Gasteiger partial charge is 0.416 e. The number of nitrogens with one attached hydrogen (secondary N) is 1. The Morgan fingerprint density at radius 1 is 1.14 bits per heavy atom. The lowest BCUT2D eigenvalue weighted by atomic mass is 9.85. The molecule has 0 bridgehead atoms. The third-order valence-electron chi connectivity index (χ3n) is 4.37. The molecule has 0 saturated carbocycles. The van der Waals surface area contributed by atoms with Crippen molar-refractivity contribution in [3.05, 3.63) is 35.4 Å². The standard InChI is InChI=1S/C15H22F3N3/c1-14(2,21-9-5-6-10-21)13(20-19)11-7-3-4-8-12(11)15(16,17)18/h3-4,7-8,13,20H,5-6,9-10,19H2,1-2H3. The number of nitrogens with zero attached hydrogens (tertiary/aromatic N) is 1. The predicted molar refractivity (Wildman–Crippen MR) is 76.4 cm³/mol. The van der Waals surface area contributed by atoms with E-state index in [9.17, 15) is 13.2 Å². The maximum absolute atomic E-state index is 13.2. The van der Waals surface area contributed by atoms with Crippen LogP contribution >= 0.6 is 0 Å². The van der Waals surface area contributed by atoms with E-state index in [1.54, 1.807) is 6.07 Å². The monoisotopic (exact) mass is 301 g/mol. The first kappa shape index (κ1) is 16.3. The number of rotatable bonds is 4. The van der Waals surface area contributed by atoms with Gasteiger partial charge in [-0.2, -0.15) is 13.2 Å². The molecule has 6 heteroatoms. The fourth-order valence-electron chi connectivity index (χ4n) is 3.16. The van der Waals surface area contributed by atoms with Crippen molar-refractivity contribution in [2.45, 2.75) is 44.4 Å². The molecule has 21 heavy (non-hydrogen) atoms. The number of halogens is 3. The summed E-state index contributed by atoms with van der Waals surface area (Å²) in [5.41, 5.74) is 1.69. The number of likely N-dealkylation sites (tertiary alicyclic amines) is 1. The van der Waals surface area contributed by atoms with Crippen LogP contribution in [-0.4, -0.2) is 23.5 Å². The highest BCUT2D eigenvalue weighted by molar-refractivity contribution is 5.34. The molecule has 1 saturated heterocycles. The highest BCUT2D eigenvalue weighted by Gasteiger charge is 2.42. The zero-order valence-corrected chi connectivity index (χ0v) is 12.4. The molecule has 3 N–H and O–H groups in total. The molecule has 0 amide bonds. The normalized spacial score (nSPS) is 19.0. The van der Waals surface area contributed by atoms with E-state index in [-0.39, 0.29) is 5.56 Å². The van der Waals surface area contributed by atoms with Crippen molar-refractivity contribution >= 4 is 0 Å².